The highest BCUT2D eigenvalue weighted by molar-refractivity contribution is 5.75. The minimum absolute atomic E-state index is 0.0312. The average Bonchev–Trinajstić information content (AvgIpc) is 3.17. The summed E-state index contributed by atoms with van der Waals surface area (Å²) in [7, 11) is 1.66. The first-order valence-electron chi connectivity index (χ1n) is 10.8. The van der Waals surface area contributed by atoms with Crippen LogP contribution < -0.4 is 10.1 Å². The molecule has 0 aliphatic carbocycles. The van der Waals surface area contributed by atoms with Gasteiger partial charge in [0.2, 0.25) is 0 Å². The number of pyridine rings is 1. The molecule has 4 rings (SSSR count). The molecule has 1 aliphatic rings. The molecule has 2 amide bonds. The molecule has 8 heteroatoms. The summed E-state index contributed by atoms with van der Waals surface area (Å²) < 4.78 is 7.41. The zero-order chi connectivity index (χ0) is 21.8. The number of carbonyl (C=O) groups is 1. The van der Waals surface area contributed by atoms with Crippen LogP contribution in [0.5, 0.6) is 5.75 Å². The maximum atomic E-state index is 12.4. The highest BCUT2D eigenvalue weighted by atomic mass is 16.5. The van der Waals surface area contributed by atoms with E-state index in [4.69, 9.17) is 9.72 Å². The molecule has 1 aliphatic heterocycles. The molecule has 8 nitrogen and oxygen atoms in total. The van der Waals surface area contributed by atoms with Gasteiger partial charge in [0.1, 0.15) is 17.1 Å². The number of methoxy groups -OCH3 is 1. The summed E-state index contributed by atoms with van der Waals surface area (Å²) in [5.74, 6) is 1.76. The van der Waals surface area contributed by atoms with Crippen molar-refractivity contribution in [2.45, 2.75) is 32.9 Å². The number of ether oxygens (including phenoxy) is 1. The van der Waals surface area contributed by atoms with Gasteiger partial charge in [-0.1, -0.05) is 6.92 Å². The number of piperazine rings is 1. The van der Waals surface area contributed by atoms with Gasteiger partial charge < -0.3 is 15.0 Å². The Morgan fingerprint density at radius 3 is 2.58 bits per heavy atom. The predicted octanol–water partition coefficient (Wildman–Crippen LogP) is 3.05. The summed E-state index contributed by atoms with van der Waals surface area (Å²) in [6.07, 6.45) is 2.73. The van der Waals surface area contributed by atoms with Gasteiger partial charge in [0.05, 0.1) is 13.7 Å². The van der Waals surface area contributed by atoms with E-state index < -0.39 is 0 Å². The fourth-order valence-corrected chi connectivity index (χ4v) is 3.78. The van der Waals surface area contributed by atoms with Crippen LogP contribution in [0.15, 0.2) is 42.6 Å². The molecule has 1 aromatic carbocycles. The zero-order valence-electron chi connectivity index (χ0n) is 18.4. The van der Waals surface area contributed by atoms with Crippen molar-refractivity contribution in [3.05, 3.63) is 48.4 Å². The summed E-state index contributed by atoms with van der Waals surface area (Å²) in [6, 6.07) is 12.1. The first-order chi connectivity index (χ1) is 15.1. The van der Waals surface area contributed by atoms with Gasteiger partial charge in [0.15, 0.2) is 5.65 Å². The SMILES string of the molecule is CC[C@H](C)NC(=O)N1CCN(Cc2nc3cccnc3n2-c2ccc(OC)cc2)CC1. The number of imidazole rings is 1. The van der Waals surface area contributed by atoms with Gasteiger partial charge in [-0.3, -0.25) is 9.47 Å². The quantitative estimate of drug-likeness (QED) is 0.661. The Kier molecular flexibility index (Phi) is 6.36. The first kappa shape index (κ1) is 21.1. The number of nitrogens with one attached hydrogen (secondary N) is 1. The number of hydrogen-bond donors (Lipinski definition) is 1. The van der Waals surface area contributed by atoms with Gasteiger partial charge in [0, 0.05) is 44.1 Å². The average molecular weight is 423 g/mol. The van der Waals surface area contributed by atoms with Crippen LogP contribution >= 0.6 is 0 Å². The lowest BCUT2D eigenvalue weighted by molar-refractivity contribution is 0.131. The zero-order valence-corrected chi connectivity index (χ0v) is 18.4. The molecule has 0 bridgehead atoms. The third-order valence-electron chi connectivity index (χ3n) is 5.82. The molecule has 1 atom stereocenters. The second-order valence-electron chi connectivity index (χ2n) is 7.93. The molecular formula is C23H30N6O2. The summed E-state index contributed by atoms with van der Waals surface area (Å²) in [6.45, 7) is 7.86. The van der Waals surface area contributed by atoms with Gasteiger partial charge in [0.25, 0.3) is 0 Å². The first-order valence-corrected chi connectivity index (χ1v) is 10.8. The van der Waals surface area contributed by atoms with Gasteiger partial charge >= 0.3 is 6.03 Å². The highest BCUT2D eigenvalue weighted by Gasteiger charge is 2.24. The van der Waals surface area contributed by atoms with Crippen LogP contribution in [0.2, 0.25) is 0 Å². The van der Waals surface area contributed by atoms with Crippen LogP contribution in [0.25, 0.3) is 16.9 Å². The second kappa shape index (κ2) is 9.34. The number of carbonyl (C=O) groups excluding carboxylic acids is 1. The van der Waals surface area contributed by atoms with E-state index in [1.807, 2.05) is 48.2 Å². The topological polar surface area (TPSA) is 75.5 Å². The van der Waals surface area contributed by atoms with Crippen molar-refractivity contribution in [2.24, 2.45) is 0 Å². The monoisotopic (exact) mass is 422 g/mol. The standard InChI is InChI=1S/C23H30N6O2/c1-4-17(2)25-23(30)28-14-12-27(13-15-28)16-21-26-20-6-5-11-24-22(20)29(21)18-7-9-19(31-3)10-8-18/h5-11,17H,4,12-16H2,1-3H3,(H,25,30)/t17-/m0/s1. The van der Waals surface area contributed by atoms with E-state index in [0.29, 0.717) is 19.6 Å². The molecule has 1 fully saturated rings. The number of hydrogen-bond acceptors (Lipinski definition) is 5. The third kappa shape index (κ3) is 4.64. The van der Waals surface area contributed by atoms with Crippen molar-refractivity contribution < 1.29 is 9.53 Å². The Hall–Kier alpha value is -3.13. The lowest BCUT2D eigenvalue weighted by atomic mass is 10.2. The van der Waals surface area contributed by atoms with E-state index in [2.05, 4.69) is 26.7 Å². The number of rotatable bonds is 6. The van der Waals surface area contributed by atoms with Gasteiger partial charge in [-0.2, -0.15) is 0 Å². The van der Waals surface area contributed by atoms with Crippen molar-refractivity contribution in [1.82, 2.24) is 29.7 Å². The van der Waals surface area contributed by atoms with Crippen molar-refractivity contribution in [1.29, 1.82) is 0 Å². The molecule has 31 heavy (non-hydrogen) atoms. The third-order valence-corrected chi connectivity index (χ3v) is 5.82. The predicted molar refractivity (Wildman–Crippen MR) is 121 cm³/mol. The summed E-state index contributed by atoms with van der Waals surface area (Å²) in [5, 5.41) is 3.05. The molecule has 3 heterocycles. The van der Waals surface area contributed by atoms with Crippen molar-refractivity contribution in [3.63, 3.8) is 0 Å². The normalized spacial score (nSPS) is 15.8. The van der Waals surface area contributed by atoms with E-state index >= 15 is 0 Å². The Bertz CT molecular complexity index is 1020. The number of aromatic nitrogens is 3. The van der Waals surface area contributed by atoms with Crippen molar-refractivity contribution in [2.75, 3.05) is 33.3 Å². The maximum absolute atomic E-state index is 12.4. The Morgan fingerprint density at radius 2 is 1.90 bits per heavy atom. The van der Waals surface area contributed by atoms with Gasteiger partial charge in [-0.15, -0.1) is 0 Å². The van der Waals surface area contributed by atoms with Crippen molar-refractivity contribution in [3.8, 4) is 11.4 Å². The highest BCUT2D eigenvalue weighted by Crippen LogP contribution is 2.23. The van der Waals surface area contributed by atoms with Crippen LogP contribution in [0, 0.1) is 0 Å². The number of urea groups is 1. The van der Waals surface area contributed by atoms with E-state index in [1.54, 1.807) is 13.3 Å². The smallest absolute Gasteiger partial charge is 0.317 e. The lowest BCUT2D eigenvalue weighted by Crippen LogP contribution is -2.52. The number of benzene rings is 1. The fraction of sp³-hybridized carbons (Fsp3) is 0.435. The number of nitrogens with zero attached hydrogens (tertiary/aromatic N) is 5. The van der Waals surface area contributed by atoms with E-state index in [-0.39, 0.29) is 12.1 Å². The molecule has 0 spiro atoms. The van der Waals surface area contributed by atoms with Crippen LogP contribution in [-0.2, 0) is 6.54 Å². The van der Waals surface area contributed by atoms with Gasteiger partial charge in [-0.05, 0) is 49.7 Å². The van der Waals surface area contributed by atoms with Gasteiger partial charge in [-0.25, -0.2) is 14.8 Å². The molecule has 0 unspecified atom stereocenters. The lowest BCUT2D eigenvalue weighted by Gasteiger charge is -2.35. The van der Waals surface area contributed by atoms with Crippen LogP contribution in [0.3, 0.4) is 0 Å². The van der Waals surface area contributed by atoms with Crippen LogP contribution in [0.4, 0.5) is 4.79 Å². The molecule has 1 N–H and O–H groups in total. The molecule has 3 aromatic rings. The van der Waals surface area contributed by atoms with E-state index in [0.717, 1.165) is 47.9 Å². The van der Waals surface area contributed by atoms with Crippen LogP contribution in [0.1, 0.15) is 26.1 Å². The number of fused-ring (bicyclic) bond motifs is 1. The Morgan fingerprint density at radius 1 is 1.16 bits per heavy atom. The summed E-state index contributed by atoms with van der Waals surface area (Å²) in [4.78, 5) is 26.1. The maximum Gasteiger partial charge on any atom is 0.317 e. The molecule has 0 radical (unpaired) electrons. The van der Waals surface area contributed by atoms with Crippen molar-refractivity contribution >= 4 is 17.2 Å². The molecular weight excluding hydrogens is 392 g/mol. The second-order valence-corrected chi connectivity index (χ2v) is 7.93. The minimum atomic E-state index is 0.0312. The minimum Gasteiger partial charge on any atom is -0.497 e. The van der Waals surface area contributed by atoms with E-state index in [1.165, 1.54) is 0 Å². The molecule has 0 saturated carbocycles. The number of amides is 2. The summed E-state index contributed by atoms with van der Waals surface area (Å²) in [5.41, 5.74) is 2.72. The van der Waals surface area contributed by atoms with E-state index in [9.17, 15) is 4.79 Å². The fourth-order valence-electron chi connectivity index (χ4n) is 3.78. The largest absolute Gasteiger partial charge is 0.497 e. The Labute approximate surface area is 182 Å². The molecule has 2 aromatic heterocycles. The van der Waals surface area contributed by atoms with Crippen LogP contribution in [-0.4, -0.2) is 69.7 Å². The molecule has 164 valence electrons. The summed E-state index contributed by atoms with van der Waals surface area (Å²) >= 11 is 0. The Balaban J connectivity index is 1.51. The molecule has 1 saturated heterocycles.